The number of benzene rings is 1. The zero-order valence-electron chi connectivity index (χ0n) is 16.2. The van der Waals surface area contributed by atoms with Gasteiger partial charge in [-0.15, -0.1) is 0 Å². The van der Waals surface area contributed by atoms with Gasteiger partial charge in [-0.25, -0.2) is 0 Å². The van der Waals surface area contributed by atoms with E-state index in [2.05, 4.69) is 10.3 Å². The molecule has 30 heavy (non-hydrogen) atoms. The van der Waals surface area contributed by atoms with E-state index >= 15 is 0 Å². The van der Waals surface area contributed by atoms with Crippen LogP contribution in [0.3, 0.4) is 0 Å². The Bertz CT molecular complexity index is 1220. The summed E-state index contributed by atoms with van der Waals surface area (Å²) < 4.78 is 45.3. The summed E-state index contributed by atoms with van der Waals surface area (Å²) in [6.07, 6.45) is -0.0286. The Morgan fingerprint density at radius 3 is 2.60 bits per heavy atom. The number of amides is 1. The summed E-state index contributed by atoms with van der Waals surface area (Å²) in [7, 11) is 0. The Labute approximate surface area is 170 Å². The van der Waals surface area contributed by atoms with Crippen LogP contribution in [0.2, 0.25) is 0 Å². The maximum absolute atomic E-state index is 12.7. The van der Waals surface area contributed by atoms with Crippen LogP contribution in [0, 0.1) is 13.8 Å². The molecular weight excluding hydrogens is 395 g/mol. The number of aromatic nitrogens is 2. The summed E-state index contributed by atoms with van der Waals surface area (Å²) in [4.78, 5) is 16.1. The fourth-order valence-electron chi connectivity index (χ4n) is 3.33. The van der Waals surface area contributed by atoms with Gasteiger partial charge < -0.3 is 14.3 Å². The van der Waals surface area contributed by atoms with Crippen LogP contribution in [0.5, 0.6) is 0 Å². The number of carbonyl (C=O) groups is 1. The lowest BCUT2D eigenvalue weighted by atomic mass is 10.1. The highest BCUT2D eigenvalue weighted by molar-refractivity contribution is 6.09. The first-order valence-corrected chi connectivity index (χ1v) is 9.19. The molecule has 0 bridgehead atoms. The first kappa shape index (κ1) is 19.8. The van der Waals surface area contributed by atoms with Gasteiger partial charge in [0.15, 0.2) is 0 Å². The van der Waals surface area contributed by atoms with Gasteiger partial charge in [-0.2, -0.15) is 13.2 Å². The van der Waals surface area contributed by atoms with E-state index in [0.717, 1.165) is 22.5 Å². The molecule has 0 spiro atoms. The third-order valence-electron chi connectivity index (χ3n) is 4.86. The Balaban J connectivity index is 1.67. The molecule has 154 valence electrons. The minimum Gasteiger partial charge on any atom is -0.469 e. The predicted molar refractivity (Wildman–Crippen MR) is 106 cm³/mol. The van der Waals surface area contributed by atoms with Gasteiger partial charge in [0.2, 0.25) is 0 Å². The molecule has 0 saturated heterocycles. The number of furan rings is 1. The molecule has 0 radical (unpaired) electrons. The average molecular weight is 413 g/mol. The number of rotatable bonds is 4. The number of fused-ring (bicyclic) bond motifs is 1. The van der Waals surface area contributed by atoms with Gasteiger partial charge in [0.05, 0.1) is 23.0 Å². The lowest BCUT2D eigenvalue weighted by molar-refractivity contribution is -0.141. The van der Waals surface area contributed by atoms with Crippen molar-refractivity contribution in [2.75, 3.05) is 5.32 Å². The smallest absolute Gasteiger partial charge is 0.433 e. The maximum Gasteiger partial charge on any atom is 0.433 e. The second kappa shape index (κ2) is 7.37. The van der Waals surface area contributed by atoms with Crippen molar-refractivity contribution in [2.45, 2.75) is 26.6 Å². The largest absolute Gasteiger partial charge is 0.469 e. The number of nitrogens with one attached hydrogen (secondary N) is 1. The molecule has 1 aromatic carbocycles. The SMILES string of the molecule is Cc1ccc2c(c1)c(NC(=O)c1ccoc1C)cn2Cc1ccc(C(F)(F)F)nc1. The van der Waals surface area contributed by atoms with Crippen molar-refractivity contribution < 1.29 is 22.4 Å². The van der Waals surface area contributed by atoms with E-state index in [0.29, 0.717) is 29.1 Å². The summed E-state index contributed by atoms with van der Waals surface area (Å²) in [5.74, 6) is 0.223. The van der Waals surface area contributed by atoms with Gasteiger partial charge in [-0.3, -0.25) is 9.78 Å². The fraction of sp³-hybridized carbons (Fsp3) is 0.182. The van der Waals surface area contributed by atoms with Gasteiger partial charge in [-0.1, -0.05) is 17.7 Å². The number of aryl methyl sites for hydroxylation is 2. The minimum absolute atomic E-state index is 0.294. The third-order valence-corrected chi connectivity index (χ3v) is 4.86. The fourth-order valence-corrected chi connectivity index (χ4v) is 3.33. The van der Waals surface area contributed by atoms with Crippen molar-refractivity contribution in [3.8, 4) is 0 Å². The number of halogens is 3. The number of hydrogen-bond acceptors (Lipinski definition) is 3. The molecule has 4 aromatic rings. The molecule has 0 aliphatic carbocycles. The monoisotopic (exact) mass is 413 g/mol. The van der Waals surface area contributed by atoms with Crippen LogP contribution in [0.25, 0.3) is 10.9 Å². The van der Waals surface area contributed by atoms with Crippen LogP contribution in [0.1, 0.15) is 32.9 Å². The summed E-state index contributed by atoms with van der Waals surface area (Å²) in [5, 5.41) is 3.74. The zero-order chi connectivity index (χ0) is 21.5. The normalized spacial score (nSPS) is 11.8. The van der Waals surface area contributed by atoms with Crippen molar-refractivity contribution in [1.29, 1.82) is 0 Å². The predicted octanol–water partition coefficient (Wildman–Crippen LogP) is 5.57. The second-order valence-corrected chi connectivity index (χ2v) is 7.09. The summed E-state index contributed by atoms with van der Waals surface area (Å²) in [6.45, 7) is 3.97. The van der Waals surface area contributed by atoms with Crippen molar-refractivity contribution in [3.63, 3.8) is 0 Å². The van der Waals surface area contributed by atoms with E-state index in [1.165, 1.54) is 18.5 Å². The molecule has 3 heterocycles. The molecule has 8 heteroatoms. The van der Waals surface area contributed by atoms with Crippen LogP contribution in [-0.4, -0.2) is 15.5 Å². The molecule has 0 fully saturated rings. The average Bonchev–Trinajstić information content (AvgIpc) is 3.25. The number of carbonyl (C=O) groups excluding carboxylic acids is 1. The Kier molecular flexibility index (Phi) is 4.85. The van der Waals surface area contributed by atoms with Crippen LogP contribution in [-0.2, 0) is 12.7 Å². The molecule has 0 unspecified atom stereocenters. The molecule has 5 nitrogen and oxygen atoms in total. The first-order chi connectivity index (χ1) is 14.2. The standard InChI is InChI=1S/C22H18F3N3O2/c1-13-3-5-19-17(9-13)18(27-21(29)16-7-8-30-14(16)2)12-28(19)11-15-4-6-20(26-10-15)22(23,24)25/h3-10,12H,11H2,1-2H3,(H,27,29). The lowest BCUT2D eigenvalue weighted by Crippen LogP contribution is -2.11. The van der Waals surface area contributed by atoms with Crippen LogP contribution in [0.4, 0.5) is 18.9 Å². The molecule has 4 rings (SSSR count). The van der Waals surface area contributed by atoms with Gasteiger partial charge in [-0.05, 0) is 43.7 Å². The van der Waals surface area contributed by atoms with E-state index in [1.807, 2.05) is 29.7 Å². The molecule has 0 aliphatic rings. The van der Waals surface area contributed by atoms with E-state index in [4.69, 9.17) is 4.42 Å². The molecular formula is C22H18F3N3O2. The highest BCUT2D eigenvalue weighted by Crippen LogP contribution is 2.30. The number of pyridine rings is 1. The number of nitrogens with zero attached hydrogens (tertiary/aromatic N) is 2. The highest BCUT2D eigenvalue weighted by Gasteiger charge is 2.32. The Hall–Kier alpha value is -3.55. The number of alkyl halides is 3. The quantitative estimate of drug-likeness (QED) is 0.476. The lowest BCUT2D eigenvalue weighted by Gasteiger charge is -2.08. The van der Waals surface area contributed by atoms with Gasteiger partial charge >= 0.3 is 6.18 Å². The molecule has 1 N–H and O–H groups in total. The summed E-state index contributed by atoms with van der Waals surface area (Å²) in [6, 6.07) is 9.78. The first-order valence-electron chi connectivity index (χ1n) is 9.19. The molecule has 0 aliphatic heterocycles. The van der Waals surface area contributed by atoms with Gasteiger partial charge in [0, 0.05) is 24.3 Å². The van der Waals surface area contributed by atoms with Gasteiger partial charge in [0.25, 0.3) is 5.91 Å². The minimum atomic E-state index is -4.47. The zero-order valence-corrected chi connectivity index (χ0v) is 16.2. The van der Waals surface area contributed by atoms with Gasteiger partial charge in [0.1, 0.15) is 11.5 Å². The van der Waals surface area contributed by atoms with Crippen LogP contribution in [0.15, 0.2) is 59.5 Å². The molecule has 3 aromatic heterocycles. The highest BCUT2D eigenvalue weighted by atomic mass is 19.4. The van der Waals surface area contributed by atoms with Crippen molar-refractivity contribution >= 4 is 22.5 Å². The number of hydrogen-bond donors (Lipinski definition) is 1. The summed E-state index contributed by atoms with van der Waals surface area (Å²) in [5.41, 5.74) is 2.60. The van der Waals surface area contributed by atoms with Crippen molar-refractivity contribution in [3.05, 3.63) is 83.2 Å². The maximum atomic E-state index is 12.7. The van der Waals surface area contributed by atoms with E-state index < -0.39 is 11.9 Å². The van der Waals surface area contributed by atoms with Crippen LogP contribution < -0.4 is 5.32 Å². The Morgan fingerprint density at radius 1 is 1.17 bits per heavy atom. The van der Waals surface area contributed by atoms with Crippen molar-refractivity contribution in [2.24, 2.45) is 0 Å². The third kappa shape index (κ3) is 3.80. The second-order valence-electron chi connectivity index (χ2n) is 7.09. The number of anilines is 1. The van der Waals surface area contributed by atoms with Crippen LogP contribution >= 0.6 is 0 Å². The summed E-state index contributed by atoms with van der Waals surface area (Å²) >= 11 is 0. The molecule has 0 atom stereocenters. The molecule has 0 saturated carbocycles. The topological polar surface area (TPSA) is 60.1 Å². The molecule has 1 amide bonds. The van der Waals surface area contributed by atoms with E-state index in [-0.39, 0.29) is 5.91 Å². The van der Waals surface area contributed by atoms with E-state index in [1.54, 1.807) is 19.2 Å². The Morgan fingerprint density at radius 2 is 1.97 bits per heavy atom. The van der Waals surface area contributed by atoms with E-state index in [9.17, 15) is 18.0 Å². The van der Waals surface area contributed by atoms with Crippen molar-refractivity contribution in [1.82, 2.24) is 9.55 Å².